The predicted octanol–water partition coefficient (Wildman–Crippen LogP) is 4.24. The van der Waals surface area contributed by atoms with Gasteiger partial charge in [0.15, 0.2) is 11.5 Å². The lowest BCUT2D eigenvalue weighted by Gasteiger charge is -2.28. The Labute approximate surface area is 219 Å². The molecule has 2 heterocycles. The topological polar surface area (TPSA) is 133 Å². The number of aliphatic hydroxyl groups excluding tert-OH is 1. The van der Waals surface area contributed by atoms with Crippen molar-refractivity contribution in [3.63, 3.8) is 0 Å². The van der Waals surface area contributed by atoms with Gasteiger partial charge in [0.25, 0.3) is 11.8 Å². The number of carbonyl (C=O) groups is 2. The summed E-state index contributed by atoms with van der Waals surface area (Å²) in [6, 6.07) is 3.36. The maximum atomic E-state index is 14.0. The van der Waals surface area contributed by atoms with Crippen molar-refractivity contribution in [3.05, 3.63) is 40.7 Å². The molecule has 2 aliphatic rings. The Morgan fingerprint density at radius 3 is 2.37 bits per heavy atom. The molecular formula is C26H33F3N6O3. The number of nitrogens with zero attached hydrogens (tertiary/aromatic N) is 3. The molecule has 0 radical (unpaired) electrons. The van der Waals surface area contributed by atoms with Crippen LogP contribution in [0.5, 0.6) is 0 Å². The van der Waals surface area contributed by atoms with Crippen molar-refractivity contribution in [2.24, 2.45) is 5.73 Å². The van der Waals surface area contributed by atoms with E-state index in [1.54, 1.807) is 0 Å². The molecule has 2 aromatic rings. The number of aryl methyl sites for hydroxylation is 1. The third kappa shape index (κ3) is 6.35. The van der Waals surface area contributed by atoms with E-state index in [1.165, 1.54) is 11.0 Å². The Kier molecular flexibility index (Phi) is 8.39. The van der Waals surface area contributed by atoms with Crippen LogP contribution in [0.4, 0.5) is 30.5 Å². The number of hydrogen-bond acceptors (Lipinski definition) is 7. The van der Waals surface area contributed by atoms with E-state index in [-0.39, 0.29) is 29.3 Å². The van der Waals surface area contributed by atoms with E-state index < -0.39 is 29.1 Å². The number of anilines is 3. The number of aromatic nitrogens is 2. The molecule has 9 nitrogen and oxygen atoms in total. The lowest BCUT2D eigenvalue weighted by atomic mass is 9.93. The largest absolute Gasteiger partial charge is 0.417 e. The van der Waals surface area contributed by atoms with Crippen LogP contribution in [0, 0.1) is 0 Å². The number of halogens is 3. The van der Waals surface area contributed by atoms with Crippen LogP contribution in [0.25, 0.3) is 0 Å². The van der Waals surface area contributed by atoms with Gasteiger partial charge in [0.1, 0.15) is 5.82 Å². The fourth-order valence-electron chi connectivity index (χ4n) is 4.95. The van der Waals surface area contributed by atoms with Crippen molar-refractivity contribution in [2.45, 2.75) is 76.6 Å². The molecule has 0 bridgehead atoms. The van der Waals surface area contributed by atoms with Crippen LogP contribution in [-0.2, 0) is 12.6 Å². The van der Waals surface area contributed by atoms with Crippen molar-refractivity contribution in [1.82, 2.24) is 14.9 Å². The number of aliphatic hydroxyl groups is 1. The zero-order valence-corrected chi connectivity index (χ0v) is 21.3. The molecule has 38 heavy (non-hydrogen) atoms. The molecule has 1 aliphatic heterocycles. The Morgan fingerprint density at radius 1 is 1.08 bits per heavy atom. The average Bonchev–Trinajstić information content (AvgIpc) is 2.89. The first-order valence-electron chi connectivity index (χ1n) is 13.0. The van der Waals surface area contributed by atoms with Crippen LogP contribution in [0.3, 0.4) is 0 Å². The lowest BCUT2D eigenvalue weighted by Crippen LogP contribution is -2.36. The van der Waals surface area contributed by atoms with E-state index in [0.717, 1.165) is 31.4 Å². The molecule has 206 valence electrons. The number of likely N-dealkylation sites (tertiary alicyclic amines) is 1. The molecule has 5 N–H and O–H groups in total. The molecular weight excluding hydrogens is 501 g/mol. The third-order valence-electron chi connectivity index (χ3n) is 7.04. The zero-order chi connectivity index (χ0) is 27.4. The molecule has 2 amide bonds. The van der Waals surface area contributed by atoms with E-state index in [1.807, 2.05) is 6.92 Å². The number of nitrogens with two attached hydrogens (primary N) is 1. The van der Waals surface area contributed by atoms with Crippen molar-refractivity contribution in [2.75, 3.05) is 23.7 Å². The van der Waals surface area contributed by atoms with E-state index in [9.17, 15) is 27.9 Å². The molecule has 1 aromatic carbocycles. The van der Waals surface area contributed by atoms with Crippen LogP contribution in [-0.4, -0.2) is 57.0 Å². The standard InChI is InChI=1S/C26H33F3N6O3/c1-2-20-23(31-15-6-9-17(36)10-7-15)34-24(21(33-20)22(30)37)32-16-8-11-18(19(14-16)26(27,28)29)25(38)35-12-4-3-5-13-35/h8,11,14-15,17,36H,2-7,9-10,12-13H2,1H3,(H2,30,37)(H2,31,32,34)/t15-,17-. The van der Waals surface area contributed by atoms with Gasteiger partial charge in [-0.1, -0.05) is 6.92 Å². The minimum Gasteiger partial charge on any atom is -0.393 e. The van der Waals surface area contributed by atoms with Gasteiger partial charge in [-0.3, -0.25) is 9.59 Å². The van der Waals surface area contributed by atoms with Crippen molar-refractivity contribution >= 4 is 29.1 Å². The summed E-state index contributed by atoms with van der Waals surface area (Å²) in [6.45, 7) is 2.69. The second-order valence-corrected chi connectivity index (χ2v) is 9.82. The summed E-state index contributed by atoms with van der Waals surface area (Å²) >= 11 is 0. The smallest absolute Gasteiger partial charge is 0.393 e. The normalized spacial score (nSPS) is 20.2. The SMILES string of the molecule is CCc1nc(C(N)=O)c(Nc2ccc(C(=O)N3CCCCC3)c(C(F)(F)F)c2)nc1N[C@H]1CC[C@H](O)CC1. The van der Waals surface area contributed by atoms with Gasteiger partial charge in [0.05, 0.1) is 22.9 Å². The van der Waals surface area contributed by atoms with Gasteiger partial charge in [0, 0.05) is 24.8 Å². The number of hydrogen-bond donors (Lipinski definition) is 4. The van der Waals surface area contributed by atoms with Crippen molar-refractivity contribution in [1.29, 1.82) is 0 Å². The predicted molar refractivity (Wildman–Crippen MR) is 136 cm³/mol. The molecule has 4 rings (SSSR count). The van der Waals surface area contributed by atoms with Crippen LogP contribution < -0.4 is 16.4 Å². The number of primary amides is 1. The Balaban J connectivity index is 1.66. The molecule has 1 aromatic heterocycles. The fourth-order valence-corrected chi connectivity index (χ4v) is 4.95. The van der Waals surface area contributed by atoms with Crippen LogP contribution >= 0.6 is 0 Å². The Hall–Kier alpha value is -3.41. The molecule has 0 unspecified atom stereocenters. The second-order valence-electron chi connectivity index (χ2n) is 9.82. The summed E-state index contributed by atoms with van der Waals surface area (Å²) in [6.07, 6.45) is 0.489. The molecule has 0 spiro atoms. The minimum atomic E-state index is -4.78. The number of carbonyl (C=O) groups excluding carboxylic acids is 2. The lowest BCUT2D eigenvalue weighted by molar-refractivity contribution is -0.138. The Bertz CT molecular complexity index is 1180. The number of piperidine rings is 1. The monoisotopic (exact) mass is 534 g/mol. The highest BCUT2D eigenvalue weighted by Crippen LogP contribution is 2.36. The fraction of sp³-hybridized carbons (Fsp3) is 0.538. The highest BCUT2D eigenvalue weighted by Gasteiger charge is 2.37. The van der Waals surface area contributed by atoms with Gasteiger partial charge in [-0.15, -0.1) is 0 Å². The zero-order valence-electron chi connectivity index (χ0n) is 21.3. The van der Waals surface area contributed by atoms with Crippen molar-refractivity contribution in [3.8, 4) is 0 Å². The highest BCUT2D eigenvalue weighted by atomic mass is 19.4. The molecule has 12 heteroatoms. The number of amides is 2. The van der Waals surface area contributed by atoms with E-state index in [2.05, 4.69) is 20.6 Å². The van der Waals surface area contributed by atoms with Crippen LogP contribution in [0.2, 0.25) is 0 Å². The van der Waals surface area contributed by atoms with Gasteiger partial charge >= 0.3 is 6.18 Å². The number of nitrogens with one attached hydrogen (secondary N) is 2. The summed E-state index contributed by atoms with van der Waals surface area (Å²) < 4.78 is 42.1. The molecule has 1 saturated heterocycles. The quantitative estimate of drug-likeness (QED) is 0.418. The number of benzene rings is 1. The first-order chi connectivity index (χ1) is 18.1. The van der Waals surface area contributed by atoms with Gasteiger partial charge < -0.3 is 26.4 Å². The molecule has 0 atom stereocenters. The Morgan fingerprint density at radius 2 is 1.76 bits per heavy atom. The summed E-state index contributed by atoms with van der Waals surface area (Å²) in [5.41, 5.74) is 4.31. The molecule has 1 saturated carbocycles. The summed E-state index contributed by atoms with van der Waals surface area (Å²) in [5.74, 6) is -1.22. The maximum absolute atomic E-state index is 14.0. The minimum absolute atomic E-state index is 0.0136. The maximum Gasteiger partial charge on any atom is 0.417 e. The van der Waals surface area contributed by atoms with Crippen LogP contribution in [0.15, 0.2) is 18.2 Å². The summed E-state index contributed by atoms with van der Waals surface area (Å²) in [5, 5.41) is 15.9. The average molecular weight is 535 g/mol. The van der Waals surface area contributed by atoms with Gasteiger partial charge in [0.2, 0.25) is 0 Å². The van der Waals surface area contributed by atoms with Crippen LogP contribution in [0.1, 0.15) is 84.0 Å². The summed E-state index contributed by atoms with van der Waals surface area (Å²) in [4.78, 5) is 35.4. The van der Waals surface area contributed by atoms with E-state index >= 15 is 0 Å². The van der Waals surface area contributed by atoms with E-state index in [4.69, 9.17) is 5.73 Å². The van der Waals surface area contributed by atoms with Gasteiger partial charge in [-0.05, 0) is 69.6 Å². The first kappa shape index (κ1) is 27.6. The third-order valence-corrected chi connectivity index (χ3v) is 7.04. The first-order valence-corrected chi connectivity index (χ1v) is 13.0. The molecule has 2 fully saturated rings. The highest BCUT2D eigenvalue weighted by molar-refractivity contribution is 5.98. The van der Waals surface area contributed by atoms with Crippen molar-refractivity contribution < 1.29 is 27.9 Å². The summed E-state index contributed by atoms with van der Waals surface area (Å²) in [7, 11) is 0. The number of rotatable bonds is 7. The number of alkyl halides is 3. The van der Waals surface area contributed by atoms with E-state index in [0.29, 0.717) is 56.7 Å². The molecule has 1 aliphatic carbocycles. The second kappa shape index (κ2) is 11.5. The van der Waals surface area contributed by atoms with Gasteiger partial charge in [-0.25, -0.2) is 9.97 Å². The van der Waals surface area contributed by atoms with Gasteiger partial charge in [-0.2, -0.15) is 13.2 Å².